The van der Waals surface area contributed by atoms with Gasteiger partial charge in [0.2, 0.25) is 0 Å². The Labute approximate surface area is 76.8 Å². The summed E-state index contributed by atoms with van der Waals surface area (Å²) < 4.78 is 4.91. The lowest BCUT2D eigenvalue weighted by molar-refractivity contribution is -0.0155. The van der Waals surface area contributed by atoms with Crippen molar-refractivity contribution < 1.29 is 9.84 Å². The van der Waals surface area contributed by atoms with E-state index in [2.05, 4.69) is 0 Å². The molecule has 1 unspecified atom stereocenters. The zero-order valence-electron chi connectivity index (χ0n) is 7.41. The standard InChI is InChI=1S/C9H14O2S/c1-9(10,7-11-2)6-8-4-3-5-12-8/h3-5,10H,6-7H2,1-2H3. The molecule has 1 aromatic rings. The Hall–Kier alpha value is -0.380. The molecule has 0 fully saturated rings. The van der Waals surface area contributed by atoms with Crippen LogP contribution in [0.5, 0.6) is 0 Å². The average molecular weight is 186 g/mol. The first-order valence-corrected chi connectivity index (χ1v) is 4.76. The van der Waals surface area contributed by atoms with Crippen molar-refractivity contribution in [3.8, 4) is 0 Å². The molecule has 3 heteroatoms. The highest BCUT2D eigenvalue weighted by Gasteiger charge is 2.20. The van der Waals surface area contributed by atoms with Gasteiger partial charge in [0.15, 0.2) is 0 Å². The Morgan fingerprint density at radius 2 is 2.42 bits per heavy atom. The largest absolute Gasteiger partial charge is 0.387 e. The second kappa shape index (κ2) is 4.03. The number of aliphatic hydroxyl groups is 1. The van der Waals surface area contributed by atoms with Gasteiger partial charge < -0.3 is 9.84 Å². The Morgan fingerprint density at radius 3 is 2.92 bits per heavy atom. The van der Waals surface area contributed by atoms with E-state index in [4.69, 9.17) is 4.74 Å². The van der Waals surface area contributed by atoms with Crippen LogP contribution in [0, 0.1) is 0 Å². The van der Waals surface area contributed by atoms with Crippen LogP contribution in [0.2, 0.25) is 0 Å². The van der Waals surface area contributed by atoms with Crippen LogP contribution in [-0.2, 0) is 11.2 Å². The van der Waals surface area contributed by atoms with Gasteiger partial charge >= 0.3 is 0 Å². The molecular weight excluding hydrogens is 172 g/mol. The zero-order chi connectivity index (χ0) is 9.03. The molecule has 1 rings (SSSR count). The number of hydrogen-bond acceptors (Lipinski definition) is 3. The van der Waals surface area contributed by atoms with Gasteiger partial charge in [-0.3, -0.25) is 0 Å². The molecule has 0 saturated heterocycles. The molecule has 2 nitrogen and oxygen atoms in total. The van der Waals surface area contributed by atoms with Crippen molar-refractivity contribution in [1.82, 2.24) is 0 Å². The van der Waals surface area contributed by atoms with Crippen molar-refractivity contribution in [1.29, 1.82) is 0 Å². The van der Waals surface area contributed by atoms with Gasteiger partial charge in [0, 0.05) is 18.4 Å². The van der Waals surface area contributed by atoms with E-state index in [9.17, 15) is 5.11 Å². The lowest BCUT2D eigenvalue weighted by atomic mass is 10.0. The molecule has 0 saturated carbocycles. The second-order valence-electron chi connectivity index (χ2n) is 3.19. The fourth-order valence-corrected chi connectivity index (χ4v) is 2.03. The third-order valence-electron chi connectivity index (χ3n) is 1.59. The van der Waals surface area contributed by atoms with E-state index in [0.717, 1.165) is 0 Å². The normalized spacial score (nSPS) is 15.9. The maximum absolute atomic E-state index is 9.77. The quantitative estimate of drug-likeness (QED) is 0.775. The van der Waals surface area contributed by atoms with Crippen LogP contribution < -0.4 is 0 Å². The van der Waals surface area contributed by atoms with Gasteiger partial charge in [-0.1, -0.05) is 6.07 Å². The summed E-state index contributed by atoms with van der Waals surface area (Å²) in [7, 11) is 1.60. The molecular formula is C9H14O2S. The highest BCUT2D eigenvalue weighted by molar-refractivity contribution is 7.09. The summed E-state index contributed by atoms with van der Waals surface area (Å²) in [5, 5.41) is 11.8. The van der Waals surface area contributed by atoms with Gasteiger partial charge in [-0.05, 0) is 18.4 Å². The smallest absolute Gasteiger partial charge is 0.0899 e. The molecule has 0 spiro atoms. The minimum absolute atomic E-state index is 0.380. The summed E-state index contributed by atoms with van der Waals surface area (Å²) in [6.45, 7) is 2.17. The van der Waals surface area contributed by atoms with Gasteiger partial charge in [0.05, 0.1) is 12.2 Å². The van der Waals surface area contributed by atoms with Crippen LogP contribution in [0.3, 0.4) is 0 Å². The molecule has 1 heterocycles. The molecule has 0 aliphatic carbocycles. The Morgan fingerprint density at radius 1 is 1.67 bits per heavy atom. The predicted molar refractivity (Wildman–Crippen MR) is 50.5 cm³/mol. The Kier molecular flexibility index (Phi) is 3.26. The van der Waals surface area contributed by atoms with Crippen molar-refractivity contribution in [2.75, 3.05) is 13.7 Å². The molecule has 0 aliphatic heterocycles. The molecule has 0 bridgehead atoms. The minimum atomic E-state index is -0.737. The van der Waals surface area contributed by atoms with Crippen molar-refractivity contribution in [3.05, 3.63) is 22.4 Å². The predicted octanol–water partition coefficient (Wildman–Crippen LogP) is 1.69. The van der Waals surface area contributed by atoms with Gasteiger partial charge in [-0.2, -0.15) is 0 Å². The van der Waals surface area contributed by atoms with E-state index in [-0.39, 0.29) is 0 Å². The third kappa shape index (κ3) is 2.93. The summed E-state index contributed by atoms with van der Waals surface area (Å²) >= 11 is 1.66. The number of rotatable bonds is 4. The molecule has 0 aliphatic rings. The van der Waals surface area contributed by atoms with E-state index < -0.39 is 5.60 Å². The lowest BCUT2D eigenvalue weighted by Gasteiger charge is -2.20. The van der Waals surface area contributed by atoms with E-state index in [1.807, 2.05) is 17.5 Å². The summed E-state index contributed by atoms with van der Waals surface area (Å²) in [4.78, 5) is 1.19. The number of thiophene rings is 1. The number of methoxy groups -OCH3 is 1. The van der Waals surface area contributed by atoms with Crippen LogP contribution in [-0.4, -0.2) is 24.4 Å². The van der Waals surface area contributed by atoms with Gasteiger partial charge in [-0.15, -0.1) is 11.3 Å². The van der Waals surface area contributed by atoms with Crippen molar-refractivity contribution in [2.24, 2.45) is 0 Å². The molecule has 0 amide bonds. The van der Waals surface area contributed by atoms with E-state index in [1.54, 1.807) is 25.4 Å². The average Bonchev–Trinajstić information content (AvgIpc) is 2.38. The zero-order valence-corrected chi connectivity index (χ0v) is 8.23. The SMILES string of the molecule is COCC(C)(O)Cc1cccs1. The van der Waals surface area contributed by atoms with Gasteiger partial charge in [0.25, 0.3) is 0 Å². The first-order chi connectivity index (χ1) is 5.64. The number of hydrogen-bond donors (Lipinski definition) is 1. The van der Waals surface area contributed by atoms with Gasteiger partial charge in [-0.25, -0.2) is 0 Å². The molecule has 12 heavy (non-hydrogen) atoms. The van der Waals surface area contributed by atoms with E-state index >= 15 is 0 Å². The van der Waals surface area contributed by atoms with Crippen molar-refractivity contribution in [3.63, 3.8) is 0 Å². The summed E-state index contributed by atoms with van der Waals surface area (Å²) in [6.07, 6.45) is 0.665. The highest BCUT2D eigenvalue weighted by Crippen LogP contribution is 2.17. The summed E-state index contributed by atoms with van der Waals surface area (Å²) in [5.41, 5.74) is -0.737. The van der Waals surface area contributed by atoms with Crippen LogP contribution in [0.15, 0.2) is 17.5 Å². The number of ether oxygens (including phenoxy) is 1. The van der Waals surface area contributed by atoms with Crippen LogP contribution >= 0.6 is 11.3 Å². The monoisotopic (exact) mass is 186 g/mol. The maximum Gasteiger partial charge on any atom is 0.0899 e. The highest BCUT2D eigenvalue weighted by atomic mass is 32.1. The van der Waals surface area contributed by atoms with Crippen LogP contribution in [0.1, 0.15) is 11.8 Å². The molecule has 0 radical (unpaired) electrons. The molecule has 1 aromatic heterocycles. The lowest BCUT2D eigenvalue weighted by Crippen LogP contribution is -2.32. The Balaban J connectivity index is 2.50. The molecule has 0 aromatic carbocycles. The fourth-order valence-electron chi connectivity index (χ4n) is 1.15. The fraction of sp³-hybridized carbons (Fsp3) is 0.556. The van der Waals surface area contributed by atoms with Crippen LogP contribution in [0.4, 0.5) is 0 Å². The third-order valence-corrected chi connectivity index (χ3v) is 2.47. The van der Waals surface area contributed by atoms with E-state index in [0.29, 0.717) is 13.0 Å². The summed E-state index contributed by atoms with van der Waals surface area (Å²) in [5.74, 6) is 0. The topological polar surface area (TPSA) is 29.5 Å². The minimum Gasteiger partial charge on any atom is -0.387 e. The van der Waals surface area contributed by atoms with Crippen LogP contribution in [0.25, 0.3) is 0 Å². The van der Waals surface area contributed by atoms with Crippen molar-refractivity contribution >= 4 is 11.3 Å². The van der Waals surface area contributed by atoms with Crippen molar-refractivity contribution in [2.45, 2.75) is 18.9 Å². The second-order valence-corrected chi connectivity index (χ2v) is 4.22. The van der Waals surface area contributed by atoms with E-state index in [1.165, 1.54) is 4.88 Å². The first kappa shape index (κ1) is 9.71. The maximum atomic E-state index is 9.77. The Bertz CT molecular complexity index is 216. The molecule has 1 N–H and O–H groups in total. The summed E-state index contributed by atoms with van der Waals surface area (Å²) in [6, 6.07) is 4.01. The first-order valence-electron chi connectivity index (χ1n) is 3.88. The molecule has 1 atom stereocenters. The molecule has 68 valence electrons. The van der Waals surface area contributed by atoms with Gasteiger partial charge in [0.1, 0.15) is 0 Å².